The molecule has 2 heteroatoms. The van der Waals surface area contributed by atoms with Gasteiger partial charge in [-0.05, 0) is 55.7 Å². The third kappa shape index (κ3) is 2.54. The average Bonchev–Trinajstić information content (AvgIpc) is 2.40. The topological polar surface area (TPSA) is 12.0 Å². The number of hydrogen-bond acceptors (Lipinski definition) is 2. The zero-order valence-corrected chi connectivity index (χ0v) is 11.3. The third-order valence-corrected chi connectivity index (χ3v) is 4.30. The second-order valence-corrected chi connectivity index (χ2v) is 5.97. The lowest BCUT2D eigenvalue weighted by Crippen LogP contribution is -2.21. The summed E-state index contributed by atoms with van der Waals surface area (Å²) in [5.41, 5.74) is 2.76. The Labute approximate surface area is 113 Å². The molecule has 0 bridgehead atoms. The van der Waals surface area contributed by atoms with Gasteiger partial charge in [-0.25, -0.2) is 0 Å². The van der Waals surface area contributed by atoms with Crippen LogP contribution in [0.1, 0.15) is 18.9 Å². The average molecular weight is 255 g/mol. The molecule has 0 amide bonds. The molecule has 0 aliphatic carbocycles. The first-order chi connectivity index (χ1) is 8.81. The minimum atomic E-state index is 0.602. The first-order valence-corrected chi connectivity index (χ1v) is 7.25. The van der Waals surface area contributed by atoms with Crippen molar-refractivity contribution >= 4 is 17.4 Å². The molecule has 1 heterocycles. The van der Waals surface area contributed by atoms with E-state index >= 15 is 0 Å². The number of rotatable bonds is 2. The zero-order valence-electron chi connectivity index (χ0n) is 10.5. The van der Waals surface area contributed by atoms with Crippen LogP contribution >= 0.6 is 11.8 Å². The van der Waals surface area contributed by atoms with Crippen LogP contribution in [-0.4, -0.2) is 6.04 Å². The van der Waals surface area contributed by atoms with Crippen LogP contribution in [0.4, 0.5) is 5.69 Å². The van der Waals surface area contributed by atoms with Crippen LogP contribution in [0.2, 0.25) is 0 Å². The van der Waals surface area contributed by atoms with Crippen molar-refractivity contribution in [3.8, 4) is 0 Å². The van der Waals surface area contributed by atoms with Gasteiger partial charge in [0, 0.05) is 21.5 Å². The van der Waals surface area contributed by atoms with E-state index in [2.05, 4.69) is 60.8 Å². The van der Waals surface area contributed by atoms with E-state index in [1.54, 1.807) is 0 Å². The van der Waals surface area contributed by atoms with Gasteiger partial charge in [-0.1, -0.05) is 30.0 Å². The maximum absolute atomic E-state index is 3.54. The van der Waals surface area contributed by atoms with E-state index in [0.717, 1.165) is 0 Å². The van der Waals surface area contributed by atoms with Crippen molar-refractivity contribution in [2.75, 3.05) is 5.32 Å². The lowest BCUT2D eigenvalue weighted by molar-refractivity contribution is 0.680. The molecule has 0 aromatic heterocycles. The largest absolute Gasteiger partial charge is 0.382 e. The van der Waals surface area contributed by atoms with Gasteiger partial charge < -0.3 is 5.32 Å². The molecule has 1 unspecified atom stereocenters. The number of hydrogen-bond donors (Lipinski definition) is 1. The summed E-state index contributed by atoms with van der Waals surface area (Å²) in [5, 5.41) is 3.54. The Morgan fingerprint density at radius 3 is 2.72 bits per heavy atom. The Kier molecular flexibility index (Phi) is 3.28. The molecule has 1 atom stereocenters. The fraction of sp³-hybridized carbons (Fsp3) is 0.250. The first-order valence-electron chi connectivity index (χ1n) is 6.43. The van der Waals surface area contributed by atoms with Crippen LogP contribution in [-0.2, 0) is 6.42 Å². The molecule has 92 valence electrons. The molecule has 0 saturated heterocycles. The summed E-state index contributed by atoms with van der Waals surface area (Å²) in [5.74, 6) is 0. The predicted molar refractivity (Wildman–Crippen MR) is 78.4 cm³/mol. The normalized spacial score (nSPS) is 17.9. The van der Waals surface area contributed by atoms with E-state index in [9.17, 15) is 0 Å². The summed E-state index contributed by atoms with van der Waals surface area (Å²) in [6, 6.07) is 17.9. The number of fused-ring (bicyclic) bond motifs is 1. The highest BCUT2D eigenvalue weighted by atomic mass is 32.2. The van der Waals surface area contributed by atoms with Crippen molar-refractivity contribution in [2.45, 2.75) is 35.6 Å². The van der Waals surface area contributed by atoms with E-state index in [-0.39, 0.29) is 0 Å². The summed E-state index contributed by atoms with van der Waals surface area (Å²) >= 11 is 1.83. The smallest absolute Gasteiger partial charge is 0.0375 e. The Morgan fingerprint density at radius 1 is 1.06 bits per heavy atom. The van der Waals surface area contributed by atoms with Gasteiger partial charge in [-0.3, -0.25) is 0 Å². The Balaban J connectivity index is 1.82. The van der Waals surface area contributed by atoms with Gasteiger partial charge in [0.2, 0.25) is 0 Å². The fourth-order valence-corrected chi connectivity index (χ4v) is 3.22. The number of aryl methyl sites for hydroxylation is 1. The highest BCUT2D eigenvalue weighted by molar-refractivity contribution is 7.99. The quantitative estimate of drug-likeness (QED) is 0.842. The molecule has 1 aliphatic rings. The van der Waals surface area contributed by atoms with Crippen LogP contribution in [0.5, 0.6) is 0 Å². The lowest BCUT2D eigenvalue weighted by atomic mass is 9.99. The molecule has 0 spiro atoms. The second-order valence-electron chi connectivity index (χ2n) is 4.82. The molecular formula is C16H17NS. The molecule has 0 radical (unpaired) electrons. The molecule has 3 rings (SSSR count). The molecule has 0 saturated carbocycles. The third-order valence-electron chi connectivity index (χ3n) is 3.30. The van der Waals surface area contributed by atoms with Crippen LogP contribution in [0, 0.1) is 0 Å². The Morgan fingerprint density at radius 2 is 1.89 bits per heavy atom. The standard InChI is InChI=1S/C16H17NS/c1-12-7-8-13-11-15(9-10-16(13)17-12)18-14-5-3-2-4-6-14/h2-6,9-12,17H,7-8H2,1H3. The Hall–Kier alpha value is -1.41. The van der Waals surface area contributed by atoms with E-state index in [1.807, 2.05) is 11.8 Å². The van der Waals surface area contributed by atoms with Crippen LogP contribution in [0.3, 0.4) is 0 Å². The fourth-order valence-electron chi connectivity index (χ4n) is 2.32. The van der Waals surface area contributed by atoms with Gasteiger partial charge in [0.1, 0.15) is 0 Å². The van der Waals surface area contributed by atoms with E-state index < -0.39 is 0 Å². The Bertz CT molecular complexity index is 536. The number of benzene rings is 2. The predicted octanol–water partition coefficient (Wildman–Crippen LogP) is 4.58. The van der Waals surface area contributed by atoms with Crippen molar-refractivity contribution in [1.82, 2.24) is 0 Å². The van der Waals surface area contributed by atoms with Crippen molar-refractivity contribution in [1.29, 1.82) is 0 Å². The van der Waals surface area contributed by atoms with Gasteiger partial charge in [-0.2, -0.15) is 0 Å². The highest BCUT2D eigenvalue weighted by Crippen LogP contribution is 2.32. The molecule has 2 aromatic rings. The SMILES string of the molecule is CC1CCc2cc(Sc3ccccc3)ccc2N1. The summed E-state index contributed by atoms with van der Waals surface area (Å²) in [7, 11) is 0. The van der Waals surface area contributed by atoms with Gasteiger partial charge >= 0.3 is 0 Å². The monoisotopic (exact) mass is 255 g/mol. The molecule has 1 aliphatic heterocycles. The minimum Gasteiger partial charge on any atom is -0.382 e. The zero-order chi connectivity index (χ0) is 12.4. The summed E-state index contributed by atoms with van der Waals surface area (Å²) in [6.07, 6.45) is 2.42. The van der Waals surface area contributed by atoms with Crippen molar-refractivity contribution < 1.29 is 0 Å². The van der Waals surface area contributed by atoms with E-state index in [1.165, 1.54) is 33.9 Å². The molecule has 1 nitrogen and oxygen atoms in total. The summed E-state index contributed by atoms with van der Waals surface area (Å²) < 4.78 is 0. The summed E-state index contributed by atoms with van der Waals surface area (Å²) in [4.78, 5) is 2.63. The van der Waals surface area contributed by atoms with Gasteiger partial charge in [0.15, 0.2) is 0 Å². The molecular weight excluding hydrogens is 238 g/mol. The van der Waals surface area contributed by atoms with Gasteiger partial charge in [-0.15, -0.1) is 0 Å². The summed E-state index contributed by atoms with van der Waals surface area (Å²) in [6.45, 7) is 2.25. The lowest BCUT2D eigenvalue weighted by Gasteiger charge is -2.24. The van der Waals surface area contributed by atoms with Gasteiger partial charge in [0.25, 0.3) is 0 Å². The van der Waals surface area contributed by atoms with E-state index in [0.29, 0.717) is 6.04 Å². The van der Waals surface area contributed by atoms with Crippen LogP contribution < -0.4 is 5.32 Å². The molecule has 18 heavy (non-hydrogen) atoms. The molecule has 1 N–H and O–H groups in total. The minimum absolute atomic E-state index is 0.602. The first kappa shape index (κ1) is 11.7. The van der Waals surface area contributed by atoms with Crippen LogP contribution in [0.25, 0.3) is 0 Å². The number of nitrogens with one attached hydrogen (secondary N) is 1. The molecule has 2 aromatic carbocycles. The van der Waals surface area contributed by atoms with Crippen LogP contribution in [0.15, 0.2) is 58.3 Å². The van der Waals surface area contributed by atoms with E-state index in [4.69, 9.17) is 0 Å². The van der Waals surface area contributed by atoms with Crippen molar-refractivity contribution in [3.63, 3.8) is 0 Å². The highest BCUT2D eigenvalue weighted by Gasteiger charge is 2.14. The second kappa shape index (κ2) is 5.07. The number of anilines is 1. The molecule has 0 fully saturated rings. The maximum Gasteiger partial charge on any atom is 0.0375 e. The van der Waals surface area contributed by atoms with Crippen molar-refractivity contribution in [2.24, 2.45) is 0 Å². The van der Waals surface area contributed by atoms with Crippen molar-refractivity contribution in [3.05, 3.63) is 54.1 Å². The van der Waals surface area contributed by atoms with Gasteiger partial charge in [0.05, 0.1) is 0 Å². The maximum atomic E-state index is 3.54.